The summed E-state index contributed by atoms with van der Waals surface area (Å²) in [5.74, 6) is -1.02. The van der Waals surface area contributed by atoms with Crippen molar-refractivity contribution < 1.29 is 14.3 Å². The highest BCUT2D eigenvalue weighted by atomic mass is 35.5. The van der Waals surface area contributed by atoms with Crippen molar-refractivity contribution in [2.45, 2.75) is 6.42 Å². The zero-order chi connectivity index (χ0) is 15.9. The maximum atomic E-state index is 11.9. The SMILES string of the molecule is COc1ccc(Cl)cc1NC(=O)C(=O)NCCc1ccsc1. The molecule has 0 unspecified atom stereocenters. The molecule has 0 saturated carbocycles. The van der Waals surface area contributed by atoms with Gasteiger partial charge in [0.2, 0.25) is 0 Å². The Kier molecular flexibility index (Phi) is 5.80. The van der Waals surface area contributed by atoms with E-state index in [0.717, 1.165) is 5.56 Å². The number of carbonyl (C=O) groups is 2. The van der Waals surface area contributed by atoms with Crippen molar-refractivity contribution in [3.63, 3.8) is 0 Å². The molecule has 7 heteroatoms. The lowest BCUT2D eigenvalue weighted by molar-refractivity contribution is -0.136. The number of rotatable bonds is 5. The number of anilines is 1. The maximum Gasteiger partial charge on any atom is 0.313 e. The van der Waals surface area contributed by atoms with E-state index in [0.29, 0.717) is 29.4 Å². The van der Waals surface area contributed by atoms with Gasteiger partial charge in [0, 0.05) is 11.6 Å². The molecule has 0 atom stereocenters. The fourth-order valence-corrected chi connectivity index (χ4v) is 2.67. The number of ether oxygens (including phenoxy) is 1. The fourth-order valence-electron chi connectivity index (χ4n) is 1.79. The van der Waals surface area contributed by atoms with Crippen molar-refractivity contribution in [3.8, 4) is 5.75 Å². The first kappa shape index (κ1) is 16.3. The van der Waals surface area contributed by atoms with Crippen LogP contribution in [0.25, 0.3) is 0 Å². The predicted octanol–water partition coefficient (Wildman–Crippen LogP) is 2.71. The molecule has 1 heterocycles. The monoisotopic (exact) mass is 338 g/mol. The van der Waals surface area contributed by atoms with Crippen molar-refractivity contribution in [2.75, 3.05) is 19.0 Å². The van der Waals surface area contributed by atoms with Crippen LogP contribution in [0.1, 0.15) is 5.56 Å². The molecule has 0 aliphatic heterocycles. The summed E-state index contributed by atoms with van der Waals surface area (Å²) in [6, 6.07) is 6.76. The quantitative estimate of drug-likeness (QED) is 0.824. The van der Waals surface area contributed by atoms with E-state index >= 15 is 0 Å². The minimum atomic E-state index is -0.758. The highest BCUT2D eigenvalue weighted by Crippen LogP contribution is 2.27. The summed E-state index contributed by atoms with van der Waals surface area (Å²) in [7, 11) is 1.47. The lowest BCUT2D eigenvalue weighted by Gasteiger charge is -2.10. The molecule has 5 nitrogen and oxygen atoms in total. The third kappa shape index (κ3) is 4.47. The van der Waals surface area contributed by atoms with Crippen molar-refractivity contribution in [3.05, 3.63) is 45.6 Å². The number of hydrogen-bond donors (Lipinski definition) is 2. The van der Waals surface area contributed by atoms with Crippen LogP contribution in [0.5, 0.6) is 5.75 Å². The largest absolute Gasteiger partial charge is 0.495 e. The van der Waals surface area contributed by atoms with Crippen LogP contribution in [0.3, 0.4) is 0 Å². The molecule has 0 saturated heterocycles. The molecule has 0 fully saturated rings. The minimum Gasteiger partial charge on any atom is -0.495 e. The van der Waals surface area contributed by atoms with Crippen LogP contribution in [0, 0.1) is 0 Å². The second-order valence-corrected chi connectivity index (χ2v) is 5.65. The average molecular weight is 339 g/mol. The number of nitrogens with one attached hydrogen (secondary N) is 2. The summed E-state index contributed by atoms with van der Waals surface area (Å²) in [5.41, 5.74) is 1.48. The zero-order valence-electron chi connectivity index (χ0n) is 11.9. The summed E-state index contributed by atoms with van der Waals surface area (Å²) in [6.07, 6.45) is 0.684. The summed E-state index contributed by atoms with van der Waals surface area (Å²) in [6.45, 7) is 0.398. The Morgan fingerprint density at radius 1 is 1.27 bits per heavy atom. The van der Waals surface area contributed by atoms with Crippen molar-refractivity contribution >= 4 is 40.4 Å². The smallest absolute Gasteiger partial charge is 0.313 e. The lowest BCUT2D eigenvalue weighted by Crippen LogP contribution is -2.36. The molecule has 0 aliphatic rings. The molecule has 0 aliphatic carbocycles. The second-order valence-electron chi connectivity index (χ2n) is 4.44. The topological polar surface area (TPSA) is 67.4 Å². The Balaban J connectivity index is 1.88. The molecule has 0 bridgehead atoms. The Morgan fingerprint density at radius 3 is 2.77 bits per heavy atom. The number of halogens is 1. The predicted molar refractivity (Wildman–Crippen MR) is 87.7 cm³/mol. The van der Waals surface area contributed by atoms with E-state index in [-0.39, 0.29) is 0 Å². The average Bonchev–Trinajstić information content (AvgIpc) is 3.00. The Hall–Kier alpha value is -2.05. The van der Waals surface area contributed by atoms with Crippen molar-refractivity contribution in [1.82, 2.24) is 5.32 Å². The van der Waals surface area contributed by atoms with Gasteiger partial charge >= 0.3 is 11.8 Å². The Morgan fingerprint density at radius 2 is 2.09 bits per heavy atom. The van der Waals surface area contributed by atoms with Gasteiger partial charge in [-0.15, -0.1) is 0 Å². The third-order valence-electron chi connectivity index (χ3n) is 2.90. The van der Waals surface area contributed by atoms with E-state index in [2.05, 4.69) is 10.6 Å². The molecule has 2 amide bonds. The number of amides is 2. The molecular weight excluding hydrogens is 324 g/mol. The number of thiophene rings is 1. The molecule has 2 rings (SSSR count). The first-order valence-corrected chi connectivity index (χ1v) is 7.86. The summed E-state index contributed by atoms with van der Waals surface area (Å²) in [4.78, 5) is 23.6. The molecule has 116 valence electrons. The van der Waals surface area contributed by atoms with E-state index < -0.39 is 11.8 Å². The van der Waals surface area contributed by atoms with Gasteiger partial charge in [0.15, 0.2) is 0 Å². The summed E-state index contributed by atoms with van der Waals surface area (Å²) >= 11 is 7.46. The van der Waals surface area contributed by atoms with Gasteiger partial charge in [0.1, 0.15) is 5.75 Å². The summed E-state index contributed by atoms with van der Waals surface area (Å²) < 4.78 is 5.11. The van der Waals surface area contributed by atoms with E-state index in [4.69, 9.17) is 16.3 Å². The Labute approximate surface area is 137 Å². The number of hydrogen-bond acceptors (Lipinski definition) is 4. The second kappa shape index (κ2) is 7.82. The first-order chi connectivity index (χ1) is 10.6. The Bertz CT molecular complexity index is 659. The van der Waals surface area contributed by atoms with Gasteiger partial charge in [-0.2, -0.15) is 11.3 Å². The van der Waals surface area contributed by atoms with E-state index in [1.54, 1.807) is 23.5 Å². The van der Waals surface area contributed by atoms with Crippen molar-refractivity contribution in [2.24, 2.45) is 0 Å². The fraction of sp³-hybridized carbons (Fsp3) is 0.200. The molecule has 0 radical (unpaired) electrons. The van der Waals surface area contributed by atoms with E-state index in [1.165, 1.54) is 13.2 Å². The normalized spacial score (nSPS) is 10.1. The van der Waals surface area contributed by atoms with Gasteiger partial charge in [-0.05, 0) is 47.0 Å². The van der Waals surface area contributed by atoms with Crippen LogP contribution in [0.4, 0.5) is 5.69 Å². The highest BCUT2D eigenvalue weighted by molar-refractivity contribution is 7.07. The van der Waals surface area contributed by atoms with Gasteiger partial charge in [-0.25, -0.2) is 0 Å². The first-order valence-electron chi connectivity index (χ1n) is 6.54. The maximum absolute atomic E-state index is 11.9. The molecule has 22 heavy (non-hydrogen) atoms. The van der Waals surface area contributed by atoms with Crippen LogP contribution in [0.2, 0.25) is 5.02 Å². The third-order valence-corrected chi connectivity index (χ3v) is 3.86. The van der Waals surface area contributed by atoms with Gasteiger partial charge < -0.3 is 15.4 Å². The highest BCUT2D eigenvalue weighted by Gasteiger charge is 2.15. The standard InChI is InChI=1S/C15H15ClN2O3S/c1-21-13-3-2-11(16)8-12(13)18-15(20)14(19)17-6-4-10-5-7-22-9-10/h2-3,5,7-9H,4,6H2,1H3,(H,17,19)(H,18,20). The molecule has 0 spiro atoms. The van der Waals surface area contributed by atoms with E-state index in [9.17, 15) is 9.59 Å². The lowest BCUT2D eigenvalue weighted by atomic mass is 10.2. The number of benzene rings is 1. The zero-order valence-corrected chi connectivity index (χ0v) is 13.5. The molecule has 1 aromatic carbocycles. The molecule has 2 N–H and O–H groups in total. The van der Waals surface area contributed by atoms with Crippen LogP contribution < -0.4 is 15.4 Å². The molecule has 1 aromatic heterocycles. The van der Waals surface area contributed by atoms with Crippen LogP contribution >= 0.6 is 22.9 Å². The van der Waals surface area contributed by atoms with E-state index in [1.807, 2.05) is 16.8 Å². The molecular formula is C15H15ClN2O3S. The van der Waals surface area contributed by atoms with Gasteiger partial charge in [-0.3, -0.25) is 9.59 Å². The number of carbonyl (C=O) groups excluding carboxylic acids is 2. The van der Waals surface area contributed by atoms with Crippen molar-refractivity contribution in [1.29, 1.82) is 0 Å². The number of methoxy groups -OCH3 is 1. The summed E-state index contributed by atoms with van der Waals surface area (Å²) in [5, 5.41) is 9.47. The molecule has 2 aromatic rings. The minimum absolute atomic E-state index is 0.355. The van der Waals surface area contributed by atoms with Crippen LogP contribution in [0.15, 0.2) is 35.0 Å². The van der Waals surface area contributed by atoms with Crippen LogP contribution in [-0.2, 0) is 16.0 Å². The van der Waals surface area contributed by atoms with Crippen LogP contribution in [-0.4, -0.2) is 25.5 Å². The van der Waals surface area contributed by atoms with Gasteiger partial charge in [-0.1, -0.05) is 11.6 Å². The van der Waals surface area contributed by atoms with Gasteiger partial charge in [0.25, 0.3) is 0 Å². The van der Waals surface area contributed by atoms with Gasteiger partial charge in [0.05, 0.1) is 12.8 Å².